The smallest absolute Gasteiger partial charge is 0.497 e. The Kier molecular flexibility index (Phi) is 3.25. The van der Waals surface area contributed by atoms with E-state index in [4.69, 9.17) is 9.47 Å². The van der Waals surface area contributed by atoms with Gasteiger partial charge in [0, 0.05) is 29.8 Å². The van der Waals surface area contributed by atoms with Crippen molar-refractivity contribution in [3.8, 4) is 5.75 Å². The number of carbonyl (C=O) groups is 1. The monoisotopic (exact) mass is 285 g/mol. The molecule has 0 amide bonds. The quantitative estimate of drug-likeness (QED) is 0.737. The molecule has 21 heavy (non-hydrogen) atoms. The number of rotatable bonds is 2. The van der Waals surface area contributed by atoms with Crippen LogP contribution in [0.15, 0.2) is 30.5 Å². The largest absolute Gasteiger partial charge is 0.602 e. The average Bonchev–Trinajstić information content (AvgIpc) is 2.86. The third-order valence-electron chi connectivity index (χ3n) is 3.62. The summed E-state index contributed by atoms with van der Waals surface area (Å²) in [7, 11) is 1.64. The van der Waals surface area contributed by atoms with Crippen LogP contribution in [0.1, 0.15) is 12.6 Å². The third kappa shape index (κ3) is 2.11. The minimum atomic E-state index is -0.367. The molecule has 0 spiro atoms. The fraction of sp³-hybridized carbons (Fsp3) is 0.250. The highest BCUT2D eigenvalue weighted by Gasteiger charge is 2.23. The molecule has 0 fully saturated rings. The summed E-state index contributed by atoms with van der Waals surface area (Å²) in [4.78, 5) is 15.3. The second kappa shape index (κ2) is 5.09. The van der Waals surface area contributed by atoms with Crippen molar-refractivity contribution in [2.24, 2.45) is 0 Å². The molecule has 1 aromatic carbocycles. The number of nitrogens with zero attached hydrogens (tertiary/aromatic N) is 1. The van der Waals surface area contributed by atoms with Gasteiger partial charge >= 0.3 is 6.09 Å². The van der Waals surface area contributed by atoms with E-state index in [0.717, 1.165) is 33.2 Å². The topological polar surface area (TPSA) is 55.2 Å². The van der Waals surface area contributed by atoms with Crippen molar-refractivity contribution in [1.82, 2.24) is 4.98 Å². The van der Waals surface area contributed by atoms with E-state index >= 15 is 0 Å². The number of aromatic nitrogens is 2. The Hall–Kier alpha value is -2.56. The minimum Gasteiger partial charge on any atom is -0.497 e. The van der Waals surface area contributed by atoms with E-state index in [-0.39, 0.29) is 6.09 Å². The molecule has 0 saturated carbocycles. The highest BCUT2D eigenvalue weighted by atomic mass is 16.5. The van der Waals surface area contributed by atoms with Crippen molar-refractivity contribution in [2.45, 2.75) is 13.8 Å². The van der Waals surface area contributed by atoms with Crippen LogP contribution in [-0.4, -0.2) is 24.8 Å². The van der Waals surface area contributed by atoms with E-state index in [1.54, 1.807) is 20.2 Å². The van der Waals surface area contributed by atoms with Gasteiger partial charge in [-0.1, -0.05) is 4.57 Å². The number of carbonyl (C=O) groups excluding carboxylic acids is 1. The van der Waals surface area contributed by atoms with Crippen molar-refractivity contribution in [2.75, 3.05) is 13.7 Å². The SMILES string of the molecule is CCOC(=O)[n+]1ccc2c([nH]c3cc(OC)ccc32)c1C. The lowest BCUT2D eigenvalue weighted by Crippen LogP contribution is -2.45. The van der Waals surface area contributed by atoms with Gasteiger partial charge in [0.1, 0.15) is 11.3 Å². The first kappa shape index (κ1) is 13.4. The number of methoxy groups -OCH3 is 1. The molecule has 0 aliphatic rings. The van der Waals surface area contributed by atoms with Gasteiger partial charge < -0.3 is 14.5 Å². The van der Waals surface area contributed by atoms with Crippen molar-refractivity contribution in [1.29, 1.82) is 0 Å². The maximum absolute atomic E-state index is 11.9. The third-order valence-corrected chi connectivity index (χ3v) is 3.62. The molecule has 1 N–H and O–H groups in total. The number of H-pyrrole nitrogens is 1. The first-order valence-corrected chi connectivity index (χ1v) is 6.83. The molecule has 0 atom stereocenters. The van der Waals surface area contributed by atoms with Gasteiger partial charge in [0.15, 0.2) is 6.20 Å². The number of aryl methyl sites for hydroxylation is 1. The summed E-state index contributed by atoms with van der Waals surface area (Å²) in [5.74, 6) is 0.796. The van der Waals surface area contributed by atoms with Crippen LogP contribution in [0.4, 0.5) is 4.79 Å². The summed E-state index contributed by atoms with van der Waals surface area (Å²) in [5, 5.41) is 2.18. The maximum atomic E-state index is 11.9. The Balaban J connectivity index is 2.24. The standard InChI is InChI=1S/C16H16N2O3/c1-4-21-16(19)18-8-7-13-12-6-5-11(20-3)9-14(12)17-15(13)10(18)2/h5-9H,4H2,1-3H3/p+1. The lowest BCUT2D eigenvalue weighted by molar-refractivity contribution is -0.591. The number of ether oxygens (including phenoxy) is 2. The predicted molar refractivity (Wildman–Crippen MR) is 79.7 cm³/mol. The number of aromatic amines is 1. The summed E-state index contributed by atoms with van der Waals surface area (Å²) >= 11 is 0. The summed E-state index contributed by atoms with van der Waals surface area (Å²) in [5.41, 5.74) is 2.73. The number of hydrogen-bond donors (Lipinski definition) is 1. The second-order valence-electron chi connectivity index (χ2n) is 4.80. The number of benzene rings is 1. The zero-order chi connectivity index (χ0) is 15.0. The van der Waals surface area contributed by atoms with E-state index in [0.29, 0.717) is 6.61 Å². The molecule has 2 aromatic heterocycles. The van der Waals surface area contributed by atoms with Crippen molar-refractivity contribution in [3.05, 3.63) is 36.2 Å². The van der Waals surface area contributed by atoms with E-state index < -0.39 is 0 Å². The predicted octanol–water partition coefficient (Wildman–Crippen LogP) is 2.93. The summed E-state index contributed by atoms with van der Waals surface area (Å²) in [6.45, 7) is 4.04. The van der Waals surface area contributed by atoms with E-state index in [1.807, 2.05) is 31.2 Å². The van der Waals surface area contributed by atoms with Gasteiger partial charge in [-0.15, -0.1) is 0 Å². The highest BCUT2D eigenvalue weighted by molar-refractivity contribution is 6.07. The van der Waals surface area contributed by atoms with Gasteiger partial charge in [-0.3, -0.25) is 0 Å². The van der Waals surface area contributed by atoms with Gasteiger partial charge in [-0.05, 0) is 19.1 Å². The zero-order valence-corrected chi connectivity index (χ0v) is 12.3. The fourth-order valence-electron chi connectivity index (χ4n) is 2.56. The molecule has 3 aromatic rings. The van der Waals surface area contributed by atoms with Crippen LogP contribution in [0.2, 0.25) is 0 Å². The van der Waals surface area contributed by atoms with Gasteiger partial charge in [-0.2, -0.15) is 4.79 Å². The normalized spacial score (nSPS) is 11.0. The molecular weight excluding hydrogens is 268 g/mol. The van der Waals surface area contributed by atoms with Gasteiger partial charge in [-0.25, -0.2) is 0 Å². The Morgan fingerprint density at radius 1 is 1.29 bits per heavy atom. The lowest BCUT2D eigenvalue weighted by atomic mass is 10.1. The molecule has 108 valence electrons. The molecule has 0 aliphatic carbocycles. The first-order valence-electron chi connectivity index (χ1n) is 6.83. The number of pyridine rings is 1. The van der Waals surface area contributed by atoms with Crippen LogP contribution < -0.4 is 9.30 Å². The molecule has 0 radical (unpaired) electrons. The average molecular weight is 285 g/mol. The number of fused-ring (bicyclic) bond motifs is 3. The van der Waals surface area contributed by atoms with Crippen LogP contribution >= 0.6 is 0 Å². The molecule has 2 heterocycles. The molecule has 3 rings (SSSR count). The van der Waals surface area contributed by atoms with Crippen LogP contribution in [0.25, 0.3) is 21.8 Å². The molecular formula is C16H17N2O3+. The van der Waals surface area contributed by atoms with Crippen LogP contribution in [0.5, 0.6) is 5.75 Å². The van der Waals surface area contributed by atoms with Gasteiger partial charge in [0.25, 0.3) is 0 Å². The van der Waals surface area contributed by atoms with Crippen LogP contribution in [0, 0.1) is 6.92 Å². The van der Waals surface area contributed by atoms with Gasteiger partial charge in [0.05, 0.1) is 19.2 Å². The Labute approximate surface area is 122 Å². The fourth-order valence-corrected chi connectivity index (χ4v) is 2.56. The summed E-state index contributed by atoms with van der Waals surface area (Å²) in [6, 6.07) is 7.81. The van der Waals surface area contributed by atoms with Crippen molar-refractivity contribution < 1.29 is 18.8 Å². The minimum absolute atomic E-state index is 0.354. The van der Waals surface area contributed by atoms with Crippen molar-refractivity contribution in [3.63, 3.8) is 0 Å². The van der Waals surface area contributed by atoms with E-state index in [9.17, 15) is 4.79 Å². The second-order valence-corrected chi connectivity index (χ2v) is 4.80. The molecule has 0 bridgehead atoms. The first-order chi connectivity index (χ1) is 10.2. The Bertz CT molecular complexity index is 836. The maximum Gasteiger partial charge on any atom is 0.602 e. The van der Waals surface area contributed by atoms with Crippen molar-refractivity contribution >= 4 is 27.9 Å². The number of nitrogens with one attached hydrogen (secondary N) is 1. The molecule has 5 heteroatoms. The van der Waals surface area contributed by atoms with Gasteiger partial charge in [0.2, 0.25) is 5.69 Å². The Morgan fingerprint density at radius 3 is 2.81 bits per heavy atom. The molecule has 0 unspecified atom stereocenters. The lowest BCUT2D eigenvalue weighted by Gasteiger charge is -1.99. The Morgan fingerprint density at radius 2 is 2.10 bits per heavy atom. The van der Waals surface area contributed by atoms with E-state index in [1.165, 1.54) is 4.57 Å². The zero-order valence-electron chi connectivity index (χ0n) is 12.3. The molecule has 5 nitrogen and oxygen atoms in total. The van der Waals surface area contributed by atoms with E-state index in [2.05, 4.69) is 4.98 Å². The summed E-state index contributed by atoms with van der Waals surface area (Å²) in [6.07, 6.45) is 1.38. The highest BCUT2D eigenvalue weighted by Crippen LogP contribution is 2.28. The molecule has 0 saturated heterocycles. The van der Waals surface area contributed by atoms with Crippen LogP contribution in [-0.2, 0) is 4.74 Å². The summed E-state index contributed by atoms with van der Waals surface area (Å²) < 4.78 is 11.8. The molecule has 0 aliphatic heterocycles. The number of hydrogen-bond acceptors (Lipinski definition) is 3. The van der Waals surface area contributed by atoms with Crippen LogP contribution in [0.3, 0.4) is 0 Å².